The maximum absolute atomic E-state index is 5.72. The molecule has 0 spiro atoms. The summed E-state index contributed by atoms with van der Waals surface area (Å²) in [6, 6.07) is 6.03. The van der Waals surface area contributed by atoms with Gasteiger partial charge < -0.3 is 19.5 Å². The Morgan fingerprint density at radius 3 is 2.59 bits per heavy atom. The Labute approximate surface area is 132 Å². The smallest absolute Gasteiger partial charge is 0.161 e. The number of likely N-dealkylation sites (N-methyl/N-ethyl adjacent to an activating group) is 1. The Morgan fingerprint density at radius 1 is 1.14 bits per heavy atom. The maximum Gasteiger partial charge on any atom is 0.161 e. The first kappa shape index (κ1) is 16.6. The Kier molecular flexibility index (Phi) is 5.63. The van der Waals surface area contributed by atoms with Gasteiger partial charge in [-0.15, -0.1) is 0 Å². The van der Waals surface area contributed by atoms with Gasteiger partial charge in [-0.05, 0) is 31.2 Å². The monoisotopic (exact) mass is 303 g/mol. The lowest BCUT2D eigenvalue weighted by Gasteiger charge is -2.39. The van der Waals surface area contributed by atoms with Crippen LogP contribution < -0.4 is 14.8 Å². The molecule has 0 bridgehead atoms. The first-order valence-corrected chi connectivity index (χ1v) is 7.67. The van der Waals surface area contributed by atoms with Gasteiger partial charge in [0.05, 0.1) is 19.3 Å². The van der Waals surface area contributed by atoms with Crippen LogP contribution in [0.2, 0.25) is 0 Å². The van der Waals surface area contributed by atoms with Gasteiger partial charge in [0.25, 0.3) is 0 Å². The minimum atomic E-state index is -0.406. The minimum Gasteiger partial charge on any atom is -0.493 e. The van der Waals surface area contributed by atoms with Crippen LogP contribution in [0.3, 0.4) is 0 Å². The van der Waals surface area contributed by atoms with Crippen molar-refractivity contribution >= 4 is 0 Å². The Bertz CT molecular complexity index is 553. The second-order valence-electron chi connectivity index (χ2n) is 5.10. The molecule has 1 aliphatic carbocycles. The van der Waals surface area contributed by atoms with Gasteiger partial charge in [0, 0.05) is 7.11 Å². The van der Waals surface area contributed by atoms with Gasteiger partial charge in [-0.25, -0.2) is 0 Å². The van der Waals surface area contributed by atoms with E-state index in [0.717, 1.165) is 23.6 Å². The number of allylic oxidation sites excluding steroid dienone is 2. The van der Waals surface area contributed by atoms with Crippen LogP contribution >= 0.6 is 0 Å². The van der Waals surface area contributed by atoms with Crippen molar-refractivity contribution < 1.29 is 14.2 Å². The highest BCUT2D eigenvalue weighted by Gasteiger charge is 2.38. The average Bonchev–Trinajstić information content (AvgIpc) is 2.55. The highest BCUT2D eigenvalue weighted by Crippen LogP contribution is 2.37. The number of ether oxygens (including phenoxy) is 3. The summed E-state index contributed by atoms with van der Waals surface area (Å²) in [6.45, 7) is 5.48. The van der Waals surface area contributed by atoms with E-state index >= 15 is 0 Å². The van der Waals surface area contributed by atoms with Crippen LogP contribution in [-0.2, 0) is 10.3 Å². The van der Waals surface area contributed by atoms with E-state index in [0.29, 0.717) is 6.61 Å². The highest BCUT2D eigenvalue weighted by atomic mass is 16.5. The molecule has 2 unspecified atom stereocenters. The zero-order chi connectivity index (χ0) is 16.0. The second kappa shape index (κ2) is 7.47. The molecule has 4 nitrogen and oxygen atoms in total. The molecule has 0 saturated carbocycles. The van der Waals surface area contributed by atoms with E-state index in [1.165, 1.54) is 0 Å². The zero-order valence-corrected chi connectivity index (χ0v) is 13.8. The van der Waals surface area contributed by atoms with E-state index in [9.17, 15) is 0 Å². The molecule has 4 heteroatoms. The molecule has 0 amide bonds. The van der Waals surface area contributed by atoms with Gasteiger partial charge in [0.1, 0.15) is 6.10 Å². The van der Waals surface area contributed by atoms with Crippen LogP contribution in [0.4, 0.5) is 0 Å². The number of benzene rings is 1. The predicted molar refractivity (Wildman–Crippen MR) is 88.6 cm³/mol. The third-order valence-corrected chi connectivity index (χ3v) is 3.87. The average molecular weight is 303 g/mol. The largest absolute Gasteiger partial charge is 0.493 e. The molecule has 1 aliphatic rings. The van der Waals surface area contributed by atoms with Crippen LogP contribution in [0.5, 0.6) is 11.5 Å². The van der Waals surface area contributed by atoms with Crippen molar-refractivity contribution in [3.8, 4) is 11.5 Å². The van der Waals surface area contributed by atoms with E-state index in [1.807, 2.05) is 31.2 Å². The Balaban J connectivity index is 2.51. The van der Waals surface area contributed by atoms with Crippen molar-refractivity contribution in [2.45, 2.75) is 25.5 Å². The number of nitrogens with one attached hydrogen (secondary N) is 1. The number of hydrogen-bond donors (Lipinski definition) is 1. The van der Waals surface area contributed by atoms with Gasteiger partial charge in [-0.3, -0.25) is 0 Å². The summed E-state index contributed by atoms with van der Waals surface area (Å²) in [7, 11) is 3.38. The summed E-state index contributed by atoms with van der Waals surface area (Å²) < 4.78 is 16.8. The van der Waals surface area contributed by atoms with Crippen LogP contribution in [0.25, 0.3) is 0 Å². The molecule has 1 N–H and O–H groups in total. The molecule has 0 fully saturated rings. The quantitative estimate of drug-likeness (QED) is 0.840. The van der Waals surface area contributed by atoms with E-state index in [-0.39, 0.29) is 6.10 Å². The summed E-state index contributed by atoms with van der Waals surface area (Å²) in [5.74, 6) is 1.49. The third-order valence-electron chi connectivity index (χ3n) is 3.87. The molecular formula is C18H25NO3. The zero-order valence-electron chi connectivity index (χ0n) is 13.8. The highest BCUT2D eigenvalue weighted by molar-refractivity contribution is 5.48. The normalized spacial score (nSPS) is 23.5. The van der Waals surface area contributed by atoms with Crippen LogP contribution in [0.15, 0.2) is 42.5 Å². The van der Waals surface area contributed by atoms with Crippen LogP contribution in [0.1, 0.15) is 19.4 Å². The molecule has 2 rings (SSSR count). The van der Waals surface area contributed by atoms with Gasteiger partial charge in [-0.2, -0.15) is 0 Å². The van der Waals surface area contributed by atoms with Crippen LogP contribution in [-0.4, -0.2) is 33.5 Å². The molecule has 0 aromatic heterocycles. The fourth-order valence-electron chi connectivity index (χ4n) is 2.90. The minimum absolute atomic E-state index is 0.0830. The van der Waals surface area contributed by atoms with Crippen molar-refractivity contribution in [1.29, 1.82) is 0 Å². The van der Waals surface area contributed by atoms with Crippen LogP contribution in [0, 0.1) is 0 Å². The fourth-order valence-corrected chi connectivity index (χ4v) is 2.90. The number of methoxy groups -OCH3 is 2. The van der Waals surface area contributed by atoms with Crippen molar-refractivity contribution in [1.82, 2.24) is 5.32 Å². The van der Waals surface area contributed by atoms with Crippen molar-refractivity contribution in [3.05, 3.63) is 48.1 Å². The molecule has 22 heavy (non-hydrogen) atoms. The summed E-state index contributed by atoms with van der Waals surface area (Å²) in [5, 5.41) is 3.56. The second-order valence-corrected chi connectivity index (χ2v) is 5.10. The SMILES string of the molecule is CCNC1(c2ccc(OC)c(OCC)c2)C=CC=CC1OC. The molecule has 0 saturated heterocycles. The van der Waals surface area contributed by atoms with Gasteiger partial charge in [0.15, 0.2) is 11.5 Å². The summed E-state index contributed by atoms with van der Waals surface area (Å²) in [6.07, 6.45) is 8.18. The standard InChI is InChI=1S/C18H25NO3/c1-5-19-18(12-8-7-9-17(18)21-4)14-10-11-15(20-3)16(13-14)22-6-2/h7-13,17,19H,5-6H2,1-4H3. The van der Waals surface area contributed by atoms with E-state index < -0.39 is 5.54 Å². The third kappa shape index (κ3) is 3.03. The first-order chi connectivity index (χ1) is 10.7. The molecular weight excluding hydrogens is 278 g/mol. The van der Waals surface area contributed by atoms with Gasteiger partial charge in [0.2, 0.25) is 0 Å². The summed E-state index contributed by atoms with van der Waals surface area (Å²) in [5.41, 5.74) is 0.683. The molecule has 1 aromatic rings. The van der Waals surface area contributed by atoms with Crippen molar-refractivity contribution in [3.63, 3.8) is 0 Å². The molecule has 120 valence electrons. The van der Waals surface area contributed by atoms with E-state index in [2.05, 4.69) is 30.5 Å². The van der Waals surface area contributed by atoms with Crippen molar-refractivity contribution in [2.75, 3.05) is 27.4 Å². The first-order valence-electron chi connectivity index (χ1n) is 7.67. The topological polar surface area (TPSA) is 39.7 Å². The Morgan fingerprint density at radius 2 is 1.95 bits per heavy atom. The number of hydrogen-bond acceptors (Lipinski definition) is 4. The van der Waals surface area contributed by atoms with E-state index in [4.69, 9.17) is 14.2 Å². The molecule has 0 heterocycles. The fraction of sp³-hybridized carbons (Fsp3) is 0.444. The summed E-state index contributed by atoms with van der Waals surface area (Å²) >= 11 is 0. The van der Waals surface area contributed by atoms with Gasteiger partial charge >= 0.3 is 0 Å². The molecule has 0 aliphatic heterocycles. The van der Waals surface area contributed by atoms with E-state index in [1.54, 1.807) is 14.2 Å². The lowest BCUT2D eigenvalue weighted by molar-refractivity contribution is 0.0714. The molecule has 1 aromatic carbocycles. The predicted octanol–water partition coefficient (Wildman–Crippen LogP) is 3.04. The Hall–Kier alpha value is -1.78. The van der Waals surface area contributed by atoms with Gasteiger partial charge in [-0.1, -0.05) is 37.3 Å². The molecule has 0 radical (unpaired) electrons. The lowest BCUT2D eigenvalue weighted by atomic mass is 9.81. The maximum atomic E-state index is 5.72. The number of rotatable bonds is 7. The summed E-state index contributed by atoms with van der Waals surface area (Å²) in [4.78, 5) is 0. The molecule has 2 atom stereocenters. The van der Waals surface area contributed by atoms with Crippen molar-refractivity contribution in [2.24, 2.45) is 0 Å². The lowest BCUT2D eigenvalue weighted by Crippen LogP contribution is -2.51.